The molecule has 11 nitrogen and oxygen atoms in total. The summed E-state index contributed by atoms with van der Waals surface area (Å²) in [6.45, 7) is 6.78. The van der Waals surface area contributed by atoms with Gasteiger partial charge in [-0.15, -0.1) is 5.10 Å². The lowest BCUT2D eigenvalue weighted by molar-refractivity contribution is -0.386. The number of nitrogens with zero attached hydrogens (tertiary/aromatic N) is 7. The van der Waals surface area contributed by atoms with Crippen molar-refractivity contribution in [3.05, 3.63) is 33.0 Å². The molecule has 0 amide bonds. The number of aryl methyl sites for hydroxylation is 1. The Balaban J connectivity index is 1.57. The Morgan fingerprint density at radius 2 is 2.14 bits per heavy atom. The van der Waals surface area contributed by atoms with Gasteiger partial charge in [0.15, 0.2) is 5.65 Å². The van der Waals surface area contributed by atoms with Crippen molar-refractivity contribution in [2.45, 2.75) is 32.9 Å². The molecule has 4 heterocycles. The fraction of sp³-hybridized carbons (Fsp3) is 0.500. The minimum atomic E-state index is -0.475. The van der Waals surface area contributed by atoms with E-state index in [1.54, 1.807) is 22.5 Å². The first kappa shape index (κ1) is 18.6. The smallest absolute Gasteiger partial charge is 0.352 e. The summed E-state index contributed by atoms with van der Waals surface area (Å²) in [6.07, 6.45) is 1.61. The molecule has 3 aromatic heterocycles. The molecule has 0 aromatic carbocycles. The third-order valence-electron chi connectivity index (χ3n) is 4.76. The SMILES string of the molecule is Cc1nn(CCOc2nn(C3(C)COC3)c(C)c2[N+](=O)[O-])c2nc(Cl)ncc12. The highest BCUT2D eigenvalue weighted by Gasteiger charge is 2.41. The molecule has 0 saturated carbocycles. The molecule has 3 aromatic rings. The first-order valence-corrected chi connectivity index (χ1v) is 8.98. The van der Waals surface area contributed by atoms with Crippen molar-refractivity contribution in [3.8, 4) is 5.88 Å². The topological polar surface area (TPSA) is 123 Å². The summed E-state index contributed by atoms with van der Waals surface area (Å²) in [5, 5.41) is 21.2. The second-order valence-electron chi connectivity index (χ2n) is 6.93. The van der Waals surface area contributed by atoms with Crippen molar-refractivity contribution in [1.29, 1.82) is 0 Å². The Morgan fingerprint density at radius 3 is 2.79 bits per heavy atom. The highest BCUT2D eigenvalue weighted by molar-refractivity contribution is 6.28. The van der Waals surface area contributed by atoms with Gasteiger partial charge >= 0.3 is 11.6 Å². The second kappa shape index (κ2) is 6.67. The summed E-state index contributed by atoms with van der Waals surface area (Å²) < 4.78 is 14.2. The number of aromatic nitrogens is 6. The Morgan fingerprint density at radius 1 is 1.39 bits per heavy atom. The molecule has 0 atom stereocenters. The van der Waals surface area contributed by atoms with Gasteiger partial charge in [0.05, 0.1) is 35.8 Å². The second-order valence-corrected chi connectivity index (χ2v) is 7.27. The van der Waals surface area contributed by atoms with Crippen molar-refractivity contribution in [2.75, 3.05) is 19.8 Å². The van der Waals surface area contributed by atoms with Crippen LogP contribution in [0.15, 0.2) is 6.20 Å². The van der Waals surface area contributed by atoms with Crippen LogP contribution in [0.25, 0.3) is 11.0 Å². The number of nitro groups is 1. The molecule has 148 valence electrons. The first-order valence-electron chi connectivity index (χ1n) is 8.61. The van der Waals surface area contributed by atoms with Gasteiger partial charge in [-0.05, 0) is 32.4 Å². The molecule has 4 rings (SSSR count). The third kappa shape index (κ3) is 2.96. The zero-order chi connectivity index (χ0) is 20.1. The fourth-order valence-electron chi connectivity index (χ4n) is 3.29. The zero-order valence-electron chi connectivity index (χ0n) is 15.5. The molecule has 0 unspecified atom stereocenters. The van der Waals surface area contributed by atoms with Crippen molar-refractivity contribution in [3.63, 3.8) is 0 Å². The number of hydrogen-bond acceptors (Lipinski definition) is 8. The van der Waals surface area contributed by atoms with E-state index >= 15 is 0 Å². The van der Waals surface area contributed by atoms with Crippen LogP contribution in [0.2, 0.25) is 5.28 Å². The third-order valence-corrected chi connectivity index (χ3v) is 4.94. The van der Waals surface area contributed by atoms with Crippen molar-refractivity contribution in [2.24, 2.45) is 0 Å². The molecule has 1 saturated heterocycles. The van der Waals surface area contributed by atoms with Crippen LogP contribution in [-0.2, 0) is 16.8 Å². The fourth-order valence-corrected chi connectivity index (χ4v) is 3.42. The van der Waals surface area contributed by atoms with Crippen LogP contribution in [0.1, 0.15) is 18.3 Å². The predicted molar refractivity (Wildman–Crippen MR) is 98.7 cm³/mol. The van der Waals surface area contributed by atoms with E-state index < -0.39 is 10.5 Å². The van der Waals surface area contributed by atoms with Gasteiger partial charge in [0, 0.05) is 6.20 Å². The van der Waals surface area contributed by atoms with Crippen molar-refractivity contribution < 1.29 is 14.4 Å². The summed E-state index contributed by atoms with van der Waals surface area (Å²) in [5.41, 5.74) is 1.23. The molecule has 28 heavy (non-hydrogen) atoms. The number of fused-ring (bicyclic) bond motifs is 1. The van der Waals surface area contributed by atoms with Gasteiger partial charge in [-0.1, -0.05) is 0 Å². The molecule has 0 bridgehead atoms. The van der Waals surface area contributed by atoms with E-state index in [1.807, 2.05) is 13.8 Å². The molecule has 0 aliphatic carbocycles. The van der Waals surface area contributed by atoms with Crippen LogP contribution in [-0.4, -0.2) is 54.3 Å². The summed E-state index contributed by atoms with van der Waals surface area (Å²) in [5.74, 6) is -0.0172. The van der Waals surface area contributed by atoms with E-state index in [-0.39, 0.29) is 23.5 Å². The predicted octanol–water partition coefficient (Wildman–Crippen LogP) is 2.03. The average Bonchev–Trinajstić information content (AvgIpc) is 3.10. The van der Waals surface area contributed by atoms with Crippen LogP contribution in [0.3, 0.4) is 0 Å². The van der Waals surface area contributed by atoms with Crippen molar-refractivity contribution >= 4 is 28.3 Å². The van der Waals surface area contributed by atoms with Gasteiger partial charge in [0.1, 0.15) is 17.8 Å². The maximum Gasteiger partial charge on any atom is 0.352 e. The normalized spacial score (nSPS) is 15.6. The molecule has 1 aliphatic heterocycles. The minimum Gasteiger partial charge on any atom is -0.470 e. The summed E-state index contributed by atoms with van der Waals surface area (Å²) in [4.78, 5) is 19.2. The van der Waals surface area contributed by atoms with E-state index in [9.17, 15) is 10.1 Å². The van der Waals surface area contributed by atoms with Crippen molar-refractivity contribution in [1.82, 2.24) is 29.5 Å². The van der Waals surface area contributed by atoms with E-state index in [1.165, 1.54) is 0 Å². The van der Waals surface area contributed by atoms with Crippen LogP contribution in [0.4, 0.5) is 5.69 Å². The maximum absolute atomic E-state index is 11.5. The average molecular weight is 408 g/mol. The maximum atomic E-state index is 11.5. The Hall–Kier alpha value is -2.79. The molecular formula is C16H18ClN7O4. The lowest BCUT2D eigenvalue weighted by Gasteiger charge is -2.38. The Bertz CT molecular complexity index is 1070. The Labute approximate surface area is 164 Å². The standard InChI is InChI=1S/C16H18ClN7O4/c1-9-11-6-18-15(17)19-13(11)22(20-9)4-5-28-14-12(24(25)26)10(2)23(21-14)16(3)7-27-8-16/h6H,4-5,7-8H2,1-3H3. The molecule has 0 radical (unpaired) electrons. The molecule has 1 fully saturated rings. The van der Waals surface area contributed by atoms with Gasteiger partial charge in [0.2, 0.25) is 5.28 Å². The van der Waals surface area contributed by atoms with E-state index in [4.69, 9.17) is 21.1 Å². The van der Waals surface area contributed by atoms with E-state index in [0.29, 0.717) is 31.1 Å². The van der Waals surface area contributed by atoms with Gasteiger partial charge in [0.25, 0.3) is 0 Å². The lowest BCUT2D eigenvalue weighted by atomic mass is 10.0. The number of rotatable bonds is 6. The number of ether oxygens (including phenoxy) is 2. The summed E-state index contributed by atoms with van der Waals surface area (Å²) >= 11 is 5.88. The van der Waals surface area contributed by atoms with E-state index in [0.717, 1.165) is 11.1 Å². The van der Waals surface area contributed by atoms with Crippen LogP contribution >= 0.6 is 11.6 Å². The molecule has 12 heteroatoms. The quantitative estimate of drug-likeness (QED) is 0.345. The minimum absolute atomic E-state index is 0.0172. The largest absolute Gasteiger partial charge is 0.470 e. The first-order chi connectivity index (χ1) is 13.3. The van der Waals surface area contributed by atoms with Gasteiger partial charge in [-0.3, -0.25) is 10.1 Å². The van der Waals surface area contributed by atoms with Crippen LogP contribution < -0.4 is 4.74 Å². The highest BCUT2D eigenvalue weighted by atomic mass is 35.5. The van der Waals surface area contributed by atoms with Gasteiger partial charge < -0.3 is 9.47 Å². The number of hydrogen-bond donors (Lipinski definition) is 0. The molecule has 1 aliphatic rings. The molecule has 0 spiro atoms. The molecular weight excluding hydrogens is 390 g/mol. The number of halogens is 1. The van der Waals surface area contributed by atoms with Crippen LogP contribution in [0, 0.1) is 24.0 Å². The molecule has 0 N–H and O–H groups in total. The summed E-state index contributed by atoms with van der Waals surface area (Å²) in [7, 11) is 0. The Kier molecular flexibility index (Phi) is 4.42. The van der Waals surface area contributed by atoms with Gasteiger partial charge in [-0.25, -0.2) is 14.3 Å². The highest BCUT2D eigenvalue weighted by Crippen LogP contribution is 2.36. The van der Waals surface area contributed by atoms with Crippen LogP contribution in [0.5, 0.6) is 5.88 Å². The van der Waals surface area contributed by atoms with Gasteiger partial charge in [-0.2, -0.15) is 10.1 Å². The summed E-state index contributed by atoms with van der Waals surface area (Å²) in [6, 6.07) is 0. The lowest BCUT2D eigenvalue weighted by Crippen LogP contribution is -2.50. The zero-order valence-corrected chi connectivity index (χ0v) is 16.3. The monoisotopic (exact) mass is 407 g/mol. The van der Waals surface area contributed by atoms with E-state index in [2.05, 4.69) is 20.2 Å².